The lowest BCUT2D eigenvalue weighted by Gasteiger charge is -2.25. The lowest BCUT2D eigenvalue weighted by molar-refractivity contribution is 0.442. The minimum absolute atomic E-state index is 0.165. The van der Waals surface area contributed by atoms with Gasteiger partial charge in [0.25, 0.3) is 5.56 Å². The van der Waals surface area contributed by atoms with Crippen LogP contribution in [0.1, 0.15) is 0 Å². The second kappa shape index (κ2) is 4.60. The van der Waals surface area contributed by atoms with E-state index < -0.39 is 15.6 Å². The molecule has 0 bridgehead atoms. The van der Waals surface area contributed by atoms with E-state index >= 15 is 0 Å². The maximum atomic E-state index is 12.1. The molecule has 1 fully saturated rings. The first-order valence-corrected chi connectivity index (χ1v) is 7.47. The van der Waals surface area contributed by atoms with Crippen LogP contribution in [0, 0.1) is 0 Å². The van der Waals surface area contributed by atoms with Crippen molar-refractivity contribution in [1.82, 2.24) is 9.29 Å². The molecular weight excluding hydrogens is 248 g/mol. The Labute approximate surface area is 97.9 Å². The molecule has 0 saturated carbocycles. The van der Waals surface area contributed by atoms with Crippen LogP contribution in [-0.2, 0) is 10.0 Å². The molecule has 16 heavy (non-hydrogen) atoms. The van der Waals surface area contributed by atoms with Gasteiger partial charge >= 0.3 is 0 Å². The van der Waals surface area contributed by atoms with E-state index in [0.717, 1.165) is 11.5 Å². The topological polar surface area (TPSA) is 70.2 Å². The van der Waals surface area contributed by atoms with Gasteiger partial charge in [0.05, 0.1) is 0 Å². The Morgan fingerprint density at radius 1 is 1.31 bits per heavy atom. The molecule has 0 amide bonds. The van der Waals surface area contributed by atoms with E-state index in [1.54, 1.807) is 11.8 Å². The third-order valence-electron chi connectivity index (χ3n) is 2.37. The van der Waals surface area contributed by atoms with Gasteiger partial charge < -0.3 is 4.98 Å². The summed E-state index contributed by atoms with van der Waals surface area (Å²) in [5, 5.41) is 0. The number of nitrogens with one attached hydrogen (secondary N) is 1. The van der Waals surface area contributed by atoms with Gasteiger partial charge in [-0.3, -0.25) is 4.79 Å². The molecule has 1 saturated heterocycles. The van der Waals surface area contributed by atoms with Gasteiger partial charge in [-0.25, -0.2) is 8.42 Å². The van der Waals surface area contributed by atoms with Crippen LogP contribution < -0.4 is 5.56 Å². The Hall–Kier alpha value is -0.790. The maximum Gasteiger partial charge on any atom is 0.268 e. The molecule has 88 valence electrons. The Morgan fingerprint density at radius 3 is 2.62 bits per heavy atom. The molecule has 0 atom stereocenters. The number of hydrogen-bond acceptors (Lipinski definition) is 4. The predicted octanol–water partition coefficient (Wildman–Crippen LogP) is 0.112. The van der Waals surface area contributed by atoms with E-state index in [1.165, 1.54) is 22.6 Å². The number of thioether (sulfide) groups is 1. The molecule has 0 unspecified atom stereocenters. The molecule has 2 rings (SSSR count). The van der Waals surface area contributed by atoms with Crippen molar-refractivity contribution < 1.29 is 8.42 Å². The minimum atomic E-state index is -3.62. The molecule has 1 N–H and O–H groups in total. The Morgan fingerprint density at radius 2 is 2.00 bits per heavy atom. The third kappa shape index (κ3) is 2.16. The number of pyridine rings is 1. The summed E-state index contributed by atoms with van der Waals surface area (Å²) in [6.07, 6.45) is 1.42. The van der Waals surface area contributed by atoms with Gasteiger partial charge in [-0.1, -0.05) is 0 Å². The lowest BCUT2D eigenvalue weighted by Crippen LogP contribution is -2.39. The van der Waals surface area contributed by atoms with E-state index in [1.807, 2.05) is 0 Å². The number of aromatic amines is 1. The van der Waals surface area contributed by atoms with Gasteiger partial charge in [0, 0.05) is 30.8 Å². The zero-order valence-electron chi connectivity index (χ0n) is 8.55. The van der Waals surface area contributed by atoms with Crippen molar-refractivity contribution in [3.8, 4) is 0 Å². The molecular formula is C9H12N2O3S2. The third-order valence-corrected chi connectivity index (χ3v) is 5.23. The van der Waals surface area contributed by atoms with E-state index in [0.29, 0.717) is 13.1 Å². The van der Waals surface area contributed by atoms with Gasteiger partial charge in [-0.15, -0.1) is 0 Å². The number of hydrogen-bond donors (Lipinski definition) is 1. The first-order valence-electron chi connectivity index (χ1n) is 4.88. The van der Waals surface area contributed by atoms with Crippen molar-refractivity contribution in [2.75, 3.05) is 24.6 Å². The molecule has 1 aliphatic rings. The average molecular weight is 260 g/mol. The molecule has 7 heteroatoms. The summed E-state index contributed by atoms with van der Waals surface area (Å²) in [5.74, 6) is 1.56. The number of sulfonamides is 1. The fourth-order valence-corrected chi connectivity index (χ4v) is 4.15. The number of rotatable bonds is 2. The van der Waals surface area contributed by atoms with Gasteiger partial charge in [0.1, 0.15) is 4.90 Å². The molecule has 1 aromatic heterocycles. The normalized spacial score (nSPS) is 18.5. The molecule has 2 heterocycles. The van der Waals surface area contributed by atoms with Crippen LogP contribution in [0.3, 0.4) is 0 Å². The summed E-state index contributed by atoms with van der Waals surface area (Å²) in [5.41, 5.74) is -0.555. The first-order chi connectivity index (χ1) is 7.62. The number of nitrogens with zero attached hydrogens (tertiary/aromatic N) is 1. The lowest BCUT2D eigenvalue weighted by atomic mass is 10.5. The van der Waals surface area contributed by atoms with E-state index in [-0.39, 0.29) is 4.90 Å². The van der Waals surface area contributed by atoms with Crippen LogP contribution in [0.2, 0.25) is 0 Å². The highest BCUT2D eigenvalue weighted by Crippen LogP contribution is 2.17. The zero-order chi connectivity index (χ0) is 11.6. The van der Waals surface area contributed by atoms with Gasteiger partial charge in [-0.2, -0.15) is 16.1 Å². The van der Waals surface area contributed by atoms with Crippen molar-refractivity contribution in [1.29, 1.82) is 0 Å². The fourth-order valence-electron chi connectivity index (χ4n) is 1.54. The first kappa shape index (κ1) is 11.7. The van der Waals surface area contributed by atoms with E-state index in [2.05, 4.69) is 4.98 Å². The Kier molecular flexibility index (Phi) is 3.36. The molecule has 0 aliphatic carbocycles. The van der Waals surface area contributed by atoms with Crippen molar-refractivity contribution in [3.63, 3.8) is 0 Å². The highest BCUT2D eigenvalue weighted by molar-refractivity contribution is 7.99. The molecule has 1 aromatic rings. The number of H-pyrrole nitrogens is 1. The summed E-state index contributed by atoms with van der Waals surface area (Å²) in [7, 11) is -3.62. The monoisotopic (exact) mass is 260 g/mol. The van der Waals surface area contributed by atoms with Crippen molar-refractivity contribution in [2.45, 2.75) is 4.90 Å². The van der Waals surface area contributed by atoms with Crippen LogP contribution in [0.25, 0.3) is 0 Å². The maximum absolute atomic E-state index is 12.1. The van der Waals surface area contributed by atoms with Crippen LogP contribution in [0.5, 0.6) is 0 Å². The molecule has 5 nitrogen and oxygen atoms in total. The van der Waals surface area contributed by atoms with Gasteiger partial charge in [0.2, 0.25) is 10.0 Å². The molecule has 0 aromatic carbocycles. The summed E-state index contributed by atoms with van der Waals surface area (Å²) < 4.78 is 25.6. The molecule has 1 aliphatic heterocycles. The van der Waals surface area contributed by atoms with Crippen LogP contribution in [0.4, 0.5) is 0 Å². The van der Waals surface area contributed by atoms with Crippen molar-refractivity contribution >= 4 is 21.8 Å². The highest BCUT2D eigenvalue weighted by atomic mass is 32.2. The quantitative estimate of drug-likeness (QED) is 0.819. The second-order valence-corrected chi connectivity index (χ2v) is 6.51. The Balaban J connectivity index is 2.39. The molecule has 0 spiro atoms. The second-order valence-electron chi connectivity index (χ2n) is 3.38. The highest BCUT2D eigenvalue weighted by Gasteiger charge is 2.27. The van der Waals surface area contributed by atoms with Crippen LogP contribution in [-0.4, -0.2) is 42.3 Å². The number of aromatic nitrogens is 1. The fraction of sp³-hybridized carbons (Fsp3) is 0.444. The minimum Gasteiger partial charge on any atom is -0.328 e. The predicted molar refractivity (Wildman–Crippen MR) is 63.1 cm³/mol. The molecule has 0 radical (unpaired) electrons. The summed E-state index contributed by atoms with van der Waals surface area (Å²) in [6, 6.07) is 2.86. The van der Waals surface area contributed by atoms with Gasteiger partial charge in [0.15, 0.2) is 0 Å². The summed E-state index contributed by atoms with van der Waals surface area (Å²) >= 11 is 1.72. The SMILES string of the molecule is O=c1[nH]cccc1S(=O)(=O)N1CCSCC1. The average Bonchev–Trinajstić information content (AvgIpc) is 2.30. The summed E-state index contributed by atoms with van der Waals surface area (Å²) in [6.45, 7) is 0.947. The zero-order valence-corrected chi connectivity index (χ0v) is 10.2. The van der Waals surface area contributed by atoms with Crippen molar-refractivity contribution in [2.24, 2.45) is 0 Å². The van der Waals surface area contributed by atoms with Crippen molar-refractivity contribution in [3.05, 3.63) is 28.7 Å². The van der Waals surface area contributed by atoms with Crippen LogP contribution >= 0.6 is 11.8 Å². The summed E-state index contributed by atoms with van der Waals surface area (Å²) in [4.78, 5) is 13.7. The Bertz CT molecular complexity index is 518. The standard InChI is InChI=1S/C9H12N2O3S2/c12-9-8(2-1-3-10-9)16(13,14)11-4-6-15-7-5-11/h1-3H,4-7H2,(H,10,12). The van der Waals surface area contributed by atoms with E-state index in [4.69, 9.17) is 0 Å². The largest absolute Gasteiger partial charge is 0.328 e. The van der Waals surface area contributed by atoms with Gasteiger partial charge in [-0.05, 0) is 12.1 Å². The van der Waals surface area contributed by atoms with Crippen LogP contribution in [0.15, 0.2) is 28.0 Å². The van der Waals surface area contributed by atoms with E-state index in [9.17, 15) is 13.2 Å². The smallest absolute Gasteiger partial charge is 0.268 e.